The Bertz CT molecular complexity index is 1090. The van der Waals surface area contributed by atoms with Gasteiger partial charge < -0.3 is 19.8 Å². The van der Waals surface area contributed by atoms with Gasteiger partial charge in [0.1, 0.15) is 11.3 Å². The number of aromatic nitrogens is 1. The van der Waals surface area contributed by atoms with Crippen LogP contribution in [0.5, 0.6) is 5.75 Å². The van der Waals surface area contributed by atoms with E-state index in [1.54, 1.807) is 25.3 Å². The average Bonchev–Trinajstić information content (AvgIpc) is 3.12. The maximum atomic E-state index is 12.1. The number of rotatable bonds is 4. The molecule has 4 rings (SSSR count). The zero-order valence-corrected chi connectivity index (χ0v) is 14.6. The van der Waals surface area contributed by atoms with Crippen molar-refractivity contribution in [3.63, 3.8) is 0 Å². The maximum absolute atomic E-state index is 12.1. The average molecular weight is 359 g/mol. The molecule has 0 atom stereocenters. The van der Waals surface area contributed by atoms with Gasteiger partial charge in [0.05, 0.1) is 12.7 Å². The molecule has 3 aromatic carbocycles. The Balaban J connectivity index is 1.57. The van der Waals surface area contributed by atoms with Crippen LogP contribution in [0.2, 0.25) is 0 Å². The van der Waals surface area contributed by atoms with Gasteiger partial charge in [0, 0.05) is 17.4 Å². The summed E-state index contributed by atoms with van der Waals surface area (Å²) in [4.78, 5) is 16.6. The number of methoxy groups -OCH3 is 1. The number of para-hydroxylation sites is 2. The maximum Gasteiger partial charge on any atom is 0.323 e. The van der Waals surface area contributed by atoms with Crippen molar-refractivity contribution in [2.75, 3.05) is 17.7 Å². The number of oxazole rings is 1. The first-order chi connectivity index (χ1) is 13.2. The van der Waals surface area contributed by atoms with Gasteiger partial charge in [-0.15, -0.1) is 0 Å². The van der Waals surface area contributed by atoms with Gasteiger partial charge in [-0.2, -0.15) is 0 Å². The van der Waals surface area contributed by atoms with Gasteiger partial charge in [-0.1, -0.05) is 30.3 Å². The van der Waals surface area contributed by atoms with E-state index in [0.717, 1.165) is 5.56 Å². The fourth-order valence-electron chi connectivity index (χ4n) is 2.75. The molecule has 0 spiro atoms. The van der Waals surface area contributed by atoms with E-state index in [4.69, 9.17) is 9.15 Å². The summed E-state index contributed by atoms with van der Waals surface area (Å²) in [7, 11) is 1.61. The lowest BCUT2D eigenvalue weighted by atomic mass is 10.2. The number of nitrogens with zero attached hydrogens (tertiary/aromatic N) is 1. The van der Waals surface area contributed by atoms with Crippen LogP contribution in [-0.4, -0.2) is 18.1 Å². The molecule has 0 fully saturated rings. The minimum Gasteiger partial charge on any atom is -0.496 e. The van der Waals surface area contributed by atoms with E-state index >= 15 is 0 Å². The molecular formula is C21H17N3O3. The van der Waals surface area contributed by atoms with Crippen LogP contribution in [0, 0.1) is 0 Å². The topological polar surface area (TPSA) is 76.4 Å². The summed E-state index contributed by atoms with van der Waals surface area (Å²) < 4.78 is 11.2. The van der Waals surface area contributed by atoms with E-state index < -0.39 is 0 Å². The van der Waals surface area contributed by atoms with Crippen LogP contribution in [0.3, 0.4) is 0 Å². The Morgan fingerprint density at radius 1 is 0.926 bits per heavy atom. The number of benzene rings is 3. The summed E-state index contributed by atoms with van der Waals surface area (Å²) in [6.45, 7) is 0. The van der Waals surface area contributed by atoms with E-state index in [0.29, 0.717) is 34.1 Å². The van der Waals surface area contributed by atoms with Crippen molar-refractivity contribution in [3.8, 4) is 17.2 Å². The van der Waals surface area contributed by atoms with E-state index in [2.05, 4.69) is 15.6 Å². The quantitative estimate of drug-likeness (QED) is 0.528. The number of nitrogens with one attached hydrogen (secondary N) is 2. The van der Waals surface area contributed by atoms with Gasteiger partial charge in [-0.25, -0.2) is 9.78 Å². The van der Waals surface area contributed by atoms with Crippen molar-refractivity contribution in [1.82, 2.24) is 4.98 Å². The summed E-state index contributed by atoms with van der Waals surface area (Å²) in [5.41, 5.74) is 3.37. The van der Waals surface area contributed by atoms with Gasteiger partial charge in [0.15, 0.2) is 5.58 Å². The summed E-state index contributed by atoms with van der Waals surface area (Å²) >= 11 is 0. The molecule has 2 amide bonds. The number of fused-ring (bicyclic) bond motifs is 1. The van der Waals surface area contributed by atoms with Gasteiger partial charge in [0.2, 0.25) is 5.89 Å². The highest BCUT2D eigenvalue weighted by Crippen LogP contribution is 2.32. The lowest BCUT2D eigenvalue weighted by Crippen LogP contribution is -2.19. The van der Waals surface area contributed by atoms with Gasteiger partial charge in [-0.3, -0.25) is 0 Å². The number of ether oxygens (including phenoxy) is 1. The molecule has 1 aromatic heterocycles. The summed E-state index contributed by atoms with van der Waals surface area (Å²) in [6, 6.07) is 21.8. The van der Waals surface area contributed by atoms with E-state index in [1.807, 2.05) is 54.6 Å². The number of urea groups is 1. The molecule has 6 heteroatoms. The minimum absolute atomic E-state index is 0.329. The molecule has 0 bridgehead atoms. The SMILES string of the molecule is COc1ccccc1-c1nc2ccc(NC(=O)Nc3ccccc3)cc2o1. The van der Waals surface area contributed by atoms with Gasteiger partial charge >= 0.3 is 6.03 Å². The van der Waals surface area contributed by atoms with Crippen LogP contribution >= 0.6 is 0 Å². The zero-order valence-electron chi connectivity index (χ0n) is 14.6. The molecule has 0 saturated carbocycles. The summed E-state index contributed by atoms with van der Waals surface area (Å²) in [6.07, 6.45) is 0. The highest BCUT2D eigenvalue weighted by atomic mass is 16.5. The highest BCUT2D eigenvalue weighted by molar-refractivity contribution is 6.00. The second-order valence-corrected chi connectivity index (χ2v) is 5.85. The van der Waals surface area contributed by atoms with Crippen LogP contribution in [0.4, 0.5) is 16.2 Å². The third-order valence-corrected chi connectivity index (χ3v) is 4.02. The fourth-order valence-corrected chi connectivity index (χ4v) is 2.75. The molecule has 0 aliphatic rings. The van der Waals surface area contributed by atoms with Crippen molar-refractivity contribution in [2.45, 2.75) is 0 Å². The first-order valence-electron chi connectivity index (χ1n) is 8.40. The van der Waals surface area contributed by atoms with Crippen molar-refractivity contribution < 1.29 is 13.9 Å². The van der Waals surface area contributed by atoms with Crippen LogP contribution in [0.15, 0.2) is 77.2 Å². The summed E-state index contributed by atoms with van der Waals surface area (Å²) in [5, 5.41) is 5.56. The molecule has 134 valence electrons. The molecule has 0 saturated heterocycles. The Hall–Kier alpha value is -3.80. The smallest absolute Gasteiger partial charge is 0.323 e. The monoisotopic (exact) mass is 359 g/mol. The molecule has 27 heavy (non-hydrogen) atoms. The predicted molar refractivity (Wildman–Crippen MR) is 105 cm³/mol. The highest BCUT2D eigenvalue weighted by Gasteiger charge is 2.13. The molecule has 0 aliphatic carbocycles. The minimum atomic E-state index is -0.329. The molecule has 6 nitrogen and oxygen atoms in total. The molecule has 2 N–H and O–H groups in total. The van der Waals surface area contributed by atoms with Gasteiger partial charge in [-0.05, 0) is 36.4 Å². The number of amides is 2. The lowest BCUT2D eigenvalue weighted by Gasteiger charge is -2.07. The predicted octanol–water partition coefficient (Wildman–Crippen LogP) is 5.15. The van der Waals surface area contributed by atoms with Crippen LogP contribution < -0.4 is 15.4 Å². The number of anilines is 2. The second kappa shape index (κ2) is 7.21. The molecule has 0 aliphatic heterocycles. The van der Waals surface area contributed by atoms with E-state index in [9.17, 15) is 4.79 Å². The largest absolute Gasteiger partial charge is 0.496 e. The molecule has 0 radical (unpaired) electrons. The van der Waals surface area contributed by atoms with Crippen LogP contribution in [0.1, 0.15) is 0 Å². The van der Waals surface area contributed by atoms with E-state index in [1.165, 1.54) is 0 Å². The van der Waals surface area contributed by atoms with Crippen molar-refractivity contribution in [3.05, 3.63) is 72.8 Å². The normalized spacial score (nSPS) is 10.6. The number of hydrogen-bond acceptors (Lipinski definition) is 4. The standard InChI is InChI=1S/C21H17N3O3/c1-26-18-10-6-5-9-16(18)20-24-17-12-11-15(13-19(17)27-20)23-21(25)22-14-7-3-2-4-8-14/h2-13H,1H3,(H2,22,23,25). The Kier molecular flexibility index (Phi) is 4.45. The second-order valence-electron chi connectivity index (χ2n) is 5.85. The lowest BCUT2D eigenvalue weighted by molar-refractivity contribution is 0.262. The van der Waals surface area contributed by atoms with Crippen molar-refractivity contribution in [2.24, 2.45) is 0 Å². The molecule has 0 unspecified atom stereocenters. The molecule has 1 heterocycles. The van der Waals surface area contributed by atoms with E-state index in [-0.39, 0.29) is 6.03 Å². The Morgan fingerprint density at radius 2 is 1.67 bits per heavy atom. The Labute approximate surface area is 155 Å². The molecule has 4 aromatic rings. The van der Waals surface area contributed by atoms with Crippen LogP contribution in [-0.2, 0) is 0 Å². The molecular weight excluding hydrogens is 342 g/mol. The summed E-state index contributed by atoms with van der Waals surface area (Å²) in [5.74, 6) is 1.15. The first-order valence-corrected chi connectivity index (χ1v) is 8.40. The van der Waals surface area contributed by atoms with Crippen LogP contribution in [0.25, 0.3) is 22.6 Å². The number of carbonyl (C=O) groups is 1. The third-order valence-electron chi connectivity index (χ3n) is 4.02. The van der Waals surface area contributed by atoms with Crippen molar-refractivity contribution in [1.29, 1.82) is 0 Å². The van der Waals surface area contributed by atoms with Crippen molar-refractivity contribution >= 4 is 28.5 Å². The Morgan fingerprint density at radius 3 is 2.48 bits per heavy atom. The number of carbonyl (C=O) groups excluding carboxylic acids is 1. The fraction of sp³-hybridized carbons (Fsp3) is 0.0476. The number of hydrogen-bond donors (Lipinski definition) is 2. The third kappa shape index (κ3) is 3.59. The zero-order chi connectivity index (χ0) is 18.6. The first kappa shape index (κ1) is 16.7. The van der Waals surface area contributed by atoms with Gasteiger partial charge in [0.25, 0.3) is 0 Å².